The molecule has 2 aromatic rings. The minimum Gasteiger partial charge on any atom is -0.457 e. The molecule has 2 aromatic carbocycles. The molecule has 0 aliphatic heterocycles. The van der Waals surface area contributed by atoms with Crippen molar-refractivity contribution in [1.82, 2.24) is 0 Å². The lowest BCUT2D eigenvalue weighted by Crippen LogP contribution is -2.06. The van der Waals surface area contributed by atoms with E-state index in [0.717, 1.165) is 24.3 Å². The zero-order valence-corrected chi connectivity index (χ0v) is 10.2. The third kappa shape index (κ3) is 3.09. The van der Waals surface area contributed by atoms with E-state index >= 15 is 0 Å². The molecular formula is C14H10F3NO2. The van der Waals surface area contributed by atoms with Gasteiger partial charge in [0.1, 0.15) is 12.4 Å². The largest absolute Gasteiger partial charge is 0.457 e. The fraction of sp³-hybridized carbons (Fsp3) is 0.0714. The van der Waals surface area contributed by atoms with Crippen molar-refractivity contribution in [3.63, 3.8) is 0 Å². The summed E-state index contributed by atoms with van der Waals surface area (Å²) in [5, 5.41) is 0. The van der Waals surface area contributed by atoms with E-state index in [1.807, 2.05) is 0 Å². The van der Waals surface area contributed by atoms with Gasteiger partial charge in [0.15, 0.2) is 11.6 Å². The Bertz CT molecular complexity index is 659. The molecule has 2 N–H and O–H groups in total. The number of nitrogens with two attached hydrogens (primary N) is 1. The molecule has 0 aliphatic carbocycles. The first-order chi connectivity index (χ1) is 9.47. The van der Waals surface area contributed by atoms with Gasteiger partial charge < -0.3 is 10.5 Å². The summed E-state index contributed by atoms with van der Waals surface area (Å²) in [6, 6.07) is 6.58. The minimum absolute atomic E-state index is 0.0754. The normalized spacial score (nSPS) is 10.3. The van der Waals surface area contributed by atoms with E-state index in [1.165, 1.54) is 12.1 Å². The van der Waals surface area contributed by atoms with Crippen molar-refractivity contribution >= 4 is 11.7 Å². The number of ether oxygens (including phenoxy) is 1. The Morgan fingerprint density at radius 3 is 2.35 bits per heavy atom. The predicted octanol–water partition coefficient (Wildman–Crippen LogP) is 3.04. The molecule has 0 aliphatic rings. The molecule has 6 heteroatoms. The Labute approximate surface area is 112 Å². The summed E-state index contributed by atoms with van der Waals surface area (Å²) in [6.45, 7) is -0.229. The van der Waals surface area contributed by atoms with Crippen LogP contribution in [0, 0.1) is 17.5 Å². The van der Waals surface area contributed by atoms with Gasteiger partial charge in [-0.2, -0.15) is 0 Å². The molecule has 0 saturated carbocycles. The van der Waals surface area contributed by atoms with Crippen LogP contribution in [0.1, 0.15) is 15.9 Å². The molecule has 0 aromatic heterocycles. The highest BCUT2D eigenvalue weighted by Gasteiger charge is 2.10. The van der Waals surface area contributed by atoms with E-state index in [2.05, 4.69) is 0 Å². The number of halogens is 3. The van der Waals surface area contributed by atoms with Crippen molar-refractivity contribution < 1.29 is 22.7 Å². The maximum absolute atomic E-state index is 13.0. The van der Waals surface area contributed by atoms with Gasteiger partial charge in [-0.1, -0.05) is 6.07 Å². The summed E-state index contributed by atoms with van der Waals surface area (Å²) in [5.74, 6) is -3.38. The van der Waals surface area contributed by atoms with Crippen molar-refractivity contribution in [1.29, 1.82) is 0 Å². The van der Waals surface area contributed by atoms with Crippen LogP contribution in [0.2, 0.25) is 0 Å². The van der Waals surface area contributed by atoms with Crippen LogP contribution >= 0.6 is 0 Å². The lowest BCUT2D eigenvalue weighted by molar-refractivity contribution is 0.0472. The van der Waals surface area contributed by atoms with Gasteiger partial charge in [-0.3, -0.25) is 0 Å². The monoisotopic (exact) mass is 281 g/mol. The zero-order chi connectivity index (χ0) is 14.7. The first-order valence-corrected chi connectivity index (χ1v) is 5.63. The maximum Gasteiger partial charge on any atom is 0.338 e. The van der Waals surface area contributed by atoms with Crippen LogP contribution in [0.3, 0.4) is 0 Å². The highest BCUT2D eigenvalue weighted by atomic mass is 19.2. The van der Waals surface area contributed by atoms with Gasteiger partial charge in [-0.05, 0) is 35.9 Å². The molecule has 0 spiro atoms. The molecular weight excluding hydrogens is 271 g/mol. The van der Waals surface area contributed by atoms with Gasteiger partial charge in [0, 0.05) is 0 Å². The minimum atomic E-state index is -1.02. The average Bonchev–Trinajstić information content (AvgIpc) is 2.43. The number of benzene rings is 2. The summed E-state index contributed by atoms with van der Waals surface area (Å²) in [5.41, 5.74) is 5.53. The van der Waals surface area contributed by atoms with Crippen LogP contribution < -0.4 is 5.73 Å². The standard InChI is InChI=1S/C14H10F3NO2/c15-10-3-1-8(5-12(10)17)7-20-14(19)9-2-4-11(16)13(18)6-9/h1-6H,7,18H2. The van der Waals surface area contributed by atoms with E-state index in [9.17, 15) is 18.0 Å². The van der Waals surface area contributed by atoms with Gasteiger partial charge in [-0.15, -0.1) is 0 Å². The topological polar surface area (TPSA) is 52.3 Å². The number of carbonyl (C=O) groups is 1. The van der Waals surface area contributed by atoms with Crippen LogP contribution in [-0.4, -0.2) is 5.97 Å². The number of nitrogen functional groups attached to an aromatic ring is 1. The molecule has 0 atom stereocenters. The van der Waals surface area contributed by atoms with Crippen molar-refractivity contribution in [3.05, 3.63) is 65.0 Å². The van der Waals surface area contributed by atoms with E-state index in [1.54, 1.807) is 0 Å². The Morgan fingerprint density at radius 2 is 1.70 bits per heavy atom. The van der Waals surface area contributed by atoms with Gasteiger partial charge in [0.05, 0.1) is 11.3 Å². The second-order valence-corrected chi connectivity index (χ2v) is 4.06. The third-order valence-electron chi connectivity index (χ3n) is 2.59. The summed E-state index contributed by atoms with van der Waals surface area (Å²) in [7, 11) is 0. The second-order valence-electron chi connectivity index (χ2n) is 4.06. The van der Waals surface area contributed by atoms with Crippen LogP contribution in [0.4, 0.5) is 18.9 Å². The SMILES string of the molecule is Nc1cc(C(=O)OCc2ccc(F)c(F)c2)ccc1F. The Morgan fingerprint density at radius 1 is 1.00 bits per heavy atom. The molecule has 0 unspecified atom stereocenters. The molecule has 0 fully saturated rings. The van der Waals surface area contributed by atoms with Crippen molar-refractivity contribution in [2.45, 2.75) is 6.61 Å². The van der Waals surface area contributed by atoms with Crippen LogP contribution in [0.15, 0.2) is 36.4 Å². The van der Waals surface area contributed by atoms with E-state index in [0.29, 0.717) is 5.56 Å². The van der Waals surface area contributed by atoms with Crippen molar-refractivity contribution in [2.75, 3.05) is 5.73 Å². The Balaban J connectivity index is 2.04. The molecule has 20 heavy (non-hydrogen) atoms. The number of esters is 1. The quantitative estimate of drug-likeness (QED) is 0.695. The Hall–Kier alpha value is -2.50. The summed E-state index contributed by atoms with van der Waals surface area (Å²) in [6.07, 6.45) is 0. The zero-order valence-electron chi connectivity index (χ0n) is 10.2. The molecule has 0 saturated heterocycles. The van der Waals surface area contributed by atoms with Gasteiger partial charge in [0.2, 0.25) is 0 Å². The van der Waals surface area contributed by atoms with Crippen LogP contribution in [0.25, 0.3) is 0 Å². The summed E-state index contributed by atoms with van der Waals surface area (Å²) in [4.78, 5) is 11.7. The van der Waals surface area contributed by atoms with Gasteiger partial charge >= 0.3 is 5.97 Å². The predicted molar refractivity (Wildman–Crippen MR) is 66.3 cm³/mol. The molecule has 0 radical (unpaired) electrons. The molecule has 0 amide bonds. The first kappa shape index (κ1) is 13.9. The van der Waals surface area contributed by atoms with Crippen LogP contribution in [0.5, 0.6) is 0 Å². The second kappa shape index (κ2) is 5.64. The van der Waals surface area contributed by atoms with Gasteiger partial charge in [-0.25, -0.2) is 18.0 Å². The maximum atomic E-state index is 13.0. The number of hydrogen-bond donors (Lipinski definition) is 1. The molecule has 2 rings (SSSR count). The van der Waals surface area contributed by atoms with Crippen LogP contribution in [-0.2, 0) is 11.3 Å². The lowest BCUT2D eigenvalue weighted by atomic mass is 10.2. The number of hydrogen-bond acceptors (Lipinski definition) is 3. The molecule has 3 nitrogen and oxygen atoms in total. The Kier molecular flexibility index (Phi) is 3.93. The smallest absolute Gasteiger partial charge is 0.338 e. The van der Waals surface area contributed by atoms with E-state index < -0.39 is 23.4 Å². The molecule has 0 heterocycles. The lowest BCUT2D eigenvalue weighted by Gasteiger charge is -2.06. The van der Waals surface area contributed by atoms with Crippen molar-refractivity contribution in [2.24, 2.45) is 0 Å². The number of rotatable bonds is 3. The van der Waals surface area contributed by atoms with Gasteiger partial charge in [0.25, 0.3) is 0 Å². The number of carbonyl (C=O) groups excluding carboxylic acids is 1. The summed E-state index contributed by atoms with van der Waals surface area (Å²) >= 11 is 0. The van der Waals surface area contributed by atoms with Crippen molar-refractivity contribution in [3.8, 4) is 0 Å². The molecule has 0 bridgehead atoms. The number of anilines is 1. The summed E-state index contributed by atoms with van der Waals surface area (Å²) < 4.78 is 43.5. The third-order valence-corrected chi connectivity index (χ3v) is 2.59. The van der Waals surface area contributed by atoms with E-state index in [4.69, 9.17) is 10.5 Å². The fourth-order valence-electron chi connectivity index (χ4n) is 1.53. The first-order valence-electron chi connectivity index (χ1n) is 5.63. The van der Waals surface area contributed by atoms with E-state index in [-0.39, 0.29) is 17.9 Å². The molecule has 104 valence electrons. The highest BCUT2D eigenvalue weighted by Crippen LogP contribution is 2.15. The fourth-order valence-corrected chi connectivity index (χ4v) is 1.53. The highest BCUT2D eigenvalue weighted by molar-refractivity contribution is 5.90. The average molecular weight is 281 g/mol.